The van der Waals surface area contributed by atoms with Crippen LogP contribution in [0.25, 0.3) is 0 Å². The maximum atomic E-state index is 12.6. The van der Waals surface area contributed by atoms with Crippen LogP contribution in [-0.4, -0.2) is 43.2 Å². The van der Waals surface area contributed by atoms with Gasteiger partial charge in [0.05, 0.1) is 16.3 Å². The minimum Gasteiger partial charge on any atom is -0.378 e. The average Bonchev–Trinajstić information content (AvgIpc) is 2.61. The molecule has 146 valence electrons. The molecule has 0 saturated carbocycles. The lowest BCUT2D eigenvalue weighted by Gasteiger charge is -2.28. The molecule has 2 aromatic rings. The predicted octanol–water partition coefficient (Wildman–Crippen LogP) is 2.48. The fourth-order valence-electron chi connectivity index (χ4n) is 2.91. The summed E-state index contributed by atoms with van der Waals surface area (Å²) in [7, 11) is -3.26. The fraction of sp³-hybridized carbons (Fsp3) is 0.333. The van der Waals surface area contributed by atoms with Crippen molar-refractivity contribution < 1.29 is 16.8 Å². The van der Waals surface area contributed by atoms with Crippen LogP contribution in [0, 0.1) is 0 Å². The highest BCUT2D eigenvalue weighted by atomic mass is 32.2. The first-order chi connectivity index (χ1) is 12.7. The molecule has 2 aromatic carbocycles. The first kappa shape index (κ1) is 19.5. The normalized spacial score (nSPS) is 16.7. The molecule has 0 radical (unpaired) electrons. The highest BCUT2D eigenvalue weighted by Gasteiger charge is 2.26. The van der Waals surface area contributed by atoms with E-state index < -0.39 is 20.0 Å². The van der Waals surface area contributed by atoms with Gasteiger partial charge in [0, 0.05) is 32.0 Å². The Labute approximate surface area is 160 Å². The Balaban J connectivity index is 1.79. The maximum Gasteiger partial charge on any atom is 0.261 e. The zero-order valence-electron chi connectivity index (χ0n) is 15.3. The third-order valence-corrected chi connectivity index (χ3v) is 7.69. The summed E-state index contributed by atoms with van der Waals surface area (Å²) in [6, 6.07) is 13.0. The van der Waals surface area contributed by atoms with Gasteiger partial charge in [-0.25, -0.2) is 16.8 Å². The molecule has 1 aliphatic heterocycles. The minimum atomic E-state index is -3.75. The molecule has 1 aliphatic rings. The van der Waals surface area contributed by atoms with Gasteiger partial charge in [-0.3, -0.25) is 9.03 Å². The van der Waals surface area contributed by atoms with Crippen LogP contribution in [0.3, 0.4) is 0 Å². The standard InChI is InChI=1S/C18H23N3O4S2/c1-20(2)16-7-5-15(6-8-16)19-27(24,25)18-11-9-17(10-12-18)21-13-3-4-14-26(21,22)23/h5-12,19H,3-4,13-14H2,1-2H3. The number of benzene rings is 2. The molecular weight excluding hydrogens is 386 g/mol. The Kier molecular flexibility index (Phi) is 5.34. The van der Waals surface area contributed by atoms with Crippen molar-refractivity contribution in [3.8, 4) is 0 Å². The summed E-state index contributed by atoms with van der Waals surface area (Å²) in [4.78, 5) is 2.00. The lowest BCUT2D eigenvalue weighted by Crippen LogP contribution is -2.37. The third kappa shape index (κ3) is 4.36. The van der Waals surface area contributed by atoms with Crippen LogP contribution in [0.2, 0.25) is 0 Å². The number of rotatable bonds is 5. The summed E-state index contributed by atoms with van der Waals surface area (Å²) >= 11 is 0. The Bertz CT molecular complexity index is 1000. The fourth-order valence-corrected chi connectivity index (χ4v) is 5.61. The number of nitrogens with one attached hydrogen (secondary N) is 1. The van der Waals surface area contributed by atoms with Crippen molar-refractivity contribution in [3.63, 3.8) is 0 Å². The van der Waals surface area contributed by atoms with Crippen LogP contribution < -0.4 is 13.9 Å². The molecule has 9 heteroatoms. The molecule has 0 amide bonds. The summed E-state index contributed by atoms with van der Waals surface area (Å²) in [6.45, 7) is 0.422. The second-order valence-corrected chi connectivity index (χ2v) is 10.3. The molecule has 3 rings (SSSR count). The van der Waals surface area contributed by atoms with Crippen LogP contribution in [0.4, 0.5) is 17.1 Å². The Morgan fingerprint density at radius 1 is 0.963 bits per heavy atom. The van der Waals surface area contributed by atoms with Gasteiger partial charge in [0.25, 0.3) is 10.0 Å². The van der Waals surface area contributed by atoms with Gasteiger partial charge in [-0.1, -0.05) is 0 Å². The molecule has 0 unspecified atom stereocenters. The molecule has 0 aliphatic carbocycles. The number of anilines is 3. The molecular formula is C18H23N3O4S2. The van der Waals surface area contributed by atoms with Crippen LogP contribution in [0.5, 0.6) is 0 Å². The van der Waals surface area contributed by atoms with E-state index in [4.69, 9.17) is 0 Å². The topological polar surface area (TPSA) is 86.8 Å². The molecule has 1 saturated heterocycles. The molecule has 1 fully saturated rings. The van der Waals surface area contributed by atoms with Gasteiger partial charge in [0.1, 0.15) is 0 Å². The predicted molar refractivity (Wildman–Crippen MR) is 108 cm³/mol. The van der Waals surface area contributed by atoms with Crippen molar-refractivity contribution in [2.24, 2.45) is 0 Å². The van der Waals surface area contributed by atoms with E-state index in [0.717, 1.165) is 12.1 Å². The van der Waals surface area contributed by atoms with Crippen LogP contribution in [0.1, 0.15) is 12.8 Å². The van der Waals surface area contributed by atoms with E-state index in [1.54, 1.807) is 12.1 Å². The summed E-state index contributed by atoms with van der Waals surface area (Å²) in [5, 5.41) is 0. The molecule has 0 bridgehead atoms. The monoisotopic (exact) mass is 409 g/mol. The zero-order chi connectivity index (χ0) is 19.7. The second-order valence-electron chi connectivity index (χ2n) is 6.64. The van der Waals surface area contributed by atoms with E-state index in [9.17, 15) is 16.8 Å². The molecule has 0 atom stereocenters. The lowest BCUT2D eigenvalue weighted by molar-refractivity contribution is 0.574. The minimum absolute atomic E-state index is 0.0809. The smallest absolute Gasteiger partial charge is 0.261 e. The zero-order valence-corrected chi connectivity index (χ0v) is 16.9. The quantitative estimate of drug-likeness (QED) is 0.820. The Morgan fingerprint density at radius 2 is 1.59 bits per heavy atom. The lowest BCUT2D eigenvalue weighted by atomic mass is 10.3. The van der Waals surface area contributed by atoms with E-state index in [2.05, 4.69) is 4.72 Å². The summed E-state index contributed by atoms with van der Waals surface area (Å²) < 4.78 is 53.4. The summed E-state index contributed by atoms with van der Waals surface area (Å²) in [5.41, 5.74) is 1.91. The molecule has 1 N–H and O–H groups in total. The largest absolute Gasteiger partial charge is 0.378 e. The van der Waals surface area contributed by atoms with Gasteiger partial charge in [-0.2, -0.15) is 0 Å². The number of hydrogen-bond acceptors (Lipinski definition) is 5. The first-order valence-corrected chi connectivity index (χ1v) is 11.7. The van der Waals surface area contributed by atoms with Crippen molar-refractivity contribution in [3.05, 3.63) is 48.5 Å². The van der Waals surface area contributed by atoms with Gasteiger partial charge in [-0.05, 0) is 61.4 Å². The van der Waals surface area contributed by atoms with E-state index >= 15 is 0 Å². The van der Waals surface area contributed by atoms with E-state index in [1.165, 1.54) is 28.6 Å². The van der Waals surface area contributed by atoms with E-state index in [1.807, 2.05) is 31.1 Å². The highest BCUT2D eigenvalue weighted by Crippen LogP contribution is 2.26. The van der Waals surface area contributed by atoms with E-state index in [-0.39, 0.29) is 10.6 Å². The van der Waals surface area contributed by atoms with E-state index in [0.29, 0.717) is 24.3 Å². The van der Waals surface area contributed by atoms with Crippen LogP contribution >= 0.6 is 0 Å². The average molecular weight is 410 g/mol. The van der Waals surface area contributed by atoms with Crippen LogP contribution in [0.15, 0.2) is 53.4 Å². The second kappa shape index (κ2) is 7.40. The maximum absolute atomic E-state index is 12.6. The number of nitrogens with zero attached hydrogens (tertiary/aromatic N) is 2. The molecule has 0 aromatic heterocycles. The molecule has 27 heavy (non-hydrogen) atoms. The highest BCUT2D eigenvalue weighted by molar-refractivity contribution is 7.93. The Hall–Kier alpha value is -2.26. The number of hydrogen-bond donors (Lipinski definition) is 1. The summed E-state index contributed by atoms with van der Waals surface area (Å²) in [6.07, 6.45) is 1.45. The van der Waals surface area contributed by atoms with Gasteiger partial charge >= 0.3 is 0 Å². The van der Waals surface area contributed by atoms with Gasteiger partial charge in [-0.15, -0.1) is 0 Å². The van der Waals surface area contributed by atoms with Crippen molar-refractivity contribution in [1.29, 1.82) is 0 Å². The van der Waals surface area contributed by atoms with Crippen molar-refractivity contribution in [1.82, 2.24) is 0 Å². The Morgan fingerprint density at radius 3 is 2.15 bits per heavy atom. The van der Waals surface area contributed by atoms with Crippen LogP contribution in [-0.2, 0) is 20.0 Å². The first-order valence-electron chi connectivity index (χ1n) is 8.60. The SMILES string of the molecule is CN(C)c1ccc(NS(=O)(=O)c2ccc(N3CCCCS3(=O)=O)cc2)cc1. The molecule has 0 spiro atoms. The van der Waals surface area contributed by atoms with Gasteiger partial charge in [0.2, 0.25) is 10.0 Å². The van der Waals surface area contributed by atoms with Gasteiger partial charge < -0.3 is 4.90 Å². The van der Waals surface area contributed by atoms with Gasteiger partial charge in [0.15, 0.2) is 0 Å². The van der Waals surface area contributed by atoms with Crippen molar-refractivity contribution in [2.45, 2.75) is 17.7 Å². The molecule has 1 heterocycles. The third-order valence-electron chi connectivity index (χ3n) is 4.42. The van der Waals surface area contributed by atoms with Crippen molar-refractivity contribution >= 4 is 37.1 Å². The summed E-state index contributed by atoms with van der Waals surface area (Å²) in [5.74, 6) is 0.123. The number of sulfonamides is 2. The van der Waals surface area contributed by atoms with Crippen molar-refractivity contribution in [2.75, 3.05) is 40.3 Å². The molecule has 7 nitrogen and oxygen atoms in total.